The lowest BCUT2D eigenvalue weighted by atomic mass is 10.0. The Morgan fingerprint density at radius 2 is 1.90 bits per heavy atom. The molecule has 1 aliphatic rings. The Morgan fingerprint density at radius 1 is 1.13 bits per heavy atom. The topological polar surface area (TPSA) is 109 Å². The predicted octanol–water partition coefficient (Wildman–Crippen LogP) is 3.63. The number of anilines is 2. The monoisotopic (exact) mass is 558 g/mol. The van der Waals surface area contributed by atoms with Crippen molar-refractivity contribution in [3.8, 4) is 11.1 Å². The minimum Gasteiger partial charge on any atom is -0.354 e. The number of fused-ring (bicyclic) bond motifs is 1. The van der Waals surface area contributed by atoms with E-state index in [-0.39, 0.29) is 36.7 Å². The number of aryl methyl sites for hydroxylation is 1. The lowest BCUT2D eigenvalue weighted by Crippen LogP contribution is -2.34. The van der Waals surface area contributed by atoms with Crippen LogP contribution in [0.25, 0.3) is 22.2 Å². The van der Waals surface area contributed by atoms with Crippen LogP contribution in [0.3, 0.4) is 0 Å². The molecule has 5 rings (SSSR count). The van der Waals surface area contributed by atoms with Crippen molar-refractivity contribution in [2.75, 3.05) is 29.7 Å². The highest BCUT2D eigenvalue weighted by Gasteiger charge is 2.32. The number of hydrogen-bond acceptors (Lipinski definition) is 6. The Kier molecular flexibility index (Phi) is 7.28. The van der Waals surface area contributed by atoms with Crippen LogP contribution in [-0.4, -0.2) is 53.1 Å². The highest BCUT2D eigenvalue weighted by Crippen LogP contribution is 2.31. The first-order valence-corrected chi connectivity index (χ1v) is 13.6. The van der Waals surface area contributed by atoms with Crippen LogP contribution in [0.1, 0.15) is 12.0 Å². The molecule has 0 radical (unpaired) electrons. The summed E-state index contributed by atoms with van der Waals surface area (Å²) in [6.07, 6.45) is 0.861. The summed E-state index contributed by atoms with van der Waals surface area (Å²) in [7, 11) is -2.88. The van der Waals surface area contributed by atoms with Crippen molar-refractivity contribution < 1.29 is 21.6 Å². The molecule has 0 bridgehead atoms. The van der Waals surface area contributed by atoms with Crippen LogP contribution in [0.5, 0.6) is 0 Å². The molecule has 1 atom stereocenters. The number of hydrogen-bond donors (Lipinski definition) is 2. The smallest absolute Gasteiger partial charge is 0.301 e. The SMILES string of the molecule is Cn1c(=O)c(-c2c(F)ccc(NS(=O)(=O)N3CC[C@@H](F)C3)c2F)cc2cnc(NCCc3ccccc3)nc21. The normalized spacial score (nSPS) is 16.1. The van der Waals surface area contributed by atoms with Crippen LogP contribution in [0.4, 0.5) is 24.8 Å². The average molecular weight is 559 g/mol. The van der Waals surface area contributed by atoms with E-state index < -0.39 is 44.8 Å². The molecule has 4 aromatic rings. The lowest BCUT2D eigenvalue weighted by molar-refractivity contribution is 0.343. The zero-order chi connectivity index (χ0) is 27.7. The van der Waals surface area contributed by atoms with E-state index in [4.69, 9.17) is 0 Å². The largest absolute Gasteiger partial charge is 0.354 e. The summed E-state index contributed by atoms with van der Waals surface area (Å²) in [6.45, 7) is 0.115. The fourth-order valence-corrected chi connectivity index (χ4v) is 5.73. The van der Waals surface area contributed by atoms with Crippen molar-refractivity contribution in [2.24, 2.45) is 7.05 Å². The Hall–Kier alpha value is -3.97. The third kappa shape index (κ3) is 5.45. The van der Waals surface area contributed by atoms with Crippen LogP contribution < -0.4 is 15.6 Å². The second-order valence-electron chi connectivity index (χ2n) is 9.19. The van der Waals surface area contributed by atoms with Gasteiger partial charge in [-0.15, -0.1) is 0 Å². The molecule has 0 saturated carbocycles. The zero-order valence-corrected chi connectivity index (χ0v) is 21.7. The van der Waals surface area contributed by atoms with Gasteiger partial charge in [-0.25, -0.2) is 18.2 Å². The summed E-state index contributed by atoms with van der Waals surface area (Å²) in [5, 5.41) is 3.45. The quantitative estimate of drug-likeness (QED) is 0.342. The highest BCUT2D eigenvalue weighted by atomic mass is 32.2. The molecular formula is C26H25F3N6O3S. The number of halogens is 3. The number of nitrogens with one attached hydrogen (secondary N) is 2. The number of benzene rings is 2. The van der Waals surface area contributed by atoms with Gasteiger partial charge >= 0.3 is 10.2 Å². The van der Waals surface area contributed by atoms with E-state index in [0.29, 0.717) is 11.9 Å². The third-order valence-corrected chi connectivity index (χ3v) is 8.01. The molecular weight excluding hydrogens is 533 g/mol. The third-order valence-electron chi connectivity index (χ3n) is 6.52. The first-order chi connectivity index (χ1) is 18.6. The van der Waals surface area contributed by atoms with Gasteiger partial charge in [0.1, 0.15) is 17.6 Å². The van der Waals surface area contributed by atoms with Gasteiger partial charge in [0, 0.05) is 38.3 Å². The zero-order valence-electron chi connectivity index (χ0n) is 20.9. The second-order valence-corrected chi connectivity index (χ2v) is 10.9. The summed E-state index contributed by atoms with van der Waals surface area (Å²) in [5.74, 6) is -2.05. The molecule has 0 spiro atoms. The molecule has 2 aromatic carbocycles. The van der Waals surface area contributed by atoms with Crippen molar-refractivity contribution in [2.45, 2.75) is 19.0 Å². The van der Waals surface area contributed by atoms with E-state index in [2.05, 4.69) is 15.3 Å². The van der Waals surface area contributed by atoms with E-state index in [9.17, 15) is 22.0 Å². The van der Waals surface area contributed by atoms with Crippen LogP contribution in [0.15, 0.2) is 59.5 Å². The van der Waals surface area contributed by atoms with Crippen LogP contribution in [-0.2, 0) is 23.7 Å². The van der Waals surface area contributed by atoms with Gasteiger partial charge in [0.15, 0.2) is 5.82 Å². The number of aromatic nitrogens is 3. The summed E-state index contributed by atoms with van der Waals surface area (Å²) < 4.78 is 73.2. The van der Waals surface area contributed by atoms with Crippen LogP contribution in [0, 0.1) is 11.6 Å². The van der Waals surface area contributed by atoms with Crippen molar-refractivity contribution >= 4 is 32.9 Å². The molecule has 1 saturated heterocycles. The summed E-state index contributed by atoms with van der Waals surface area (Å²) >= 11 is 0. The second kappa shape index (κ2) is 10.7. The first kappa shape index (κ1) is 26.6. The maximum Gasteiger partial charge on any atom is 0.301 e. The Morgan fingerprint density at radius 3 is 2.62 bits per heavy atom. The molecule has 0 aliphatic carbocycles. The standard InChI is InChI=1S/C26H25F3N6O3S/c1-34-24-17(14-31-26(32-24)30-11-9-16-5-3-2-4-6-16)13-19(25(34)36)22-20(28)7-8-21(23(22)29)33-39(37,38)35-12-10-18(27)15-35/h2-8,13-14,18,33H,9-12,15H2,1H3,(H,30,31,32)/t18-/m1/s1. The maximum absolute atomic E-state index is 15.5. The molecule has 204 valence electrons. The number of alkyl halides is 1. The fourth-order valence-electron chi connectivity index (χ4n) is 4.46. The van der Waals surface area contributed by atoms with Crippen LogP contribution >= 0.6 is 0 Å². The molecule has 0 amide bonds. The van der Waals surface area contributed by atoms with E-state index in [1.165, 1.54) is 19.3 Å². The molecule has 0 unspecified atom stereocenters. The van der Waals surface area contributed by atoms with E-state index >= 15 is 4.39 Å². The molecule has 2 aromatic heterocycles. The summed E-state index contributed by atoms with van der Waals surface area (Å²) in [6, 6.07) is 12.9. The average Bonchev–Trinajstić information content (AvgIpc) is 3.37. The molecule has 9 nitrogen and oxygen atoms in total. The van der Waals surface area contributed by atoms with Crippen LogP contribution in [0.2, 0.25) is 0 Å². The van der Waals surface area contributed by atoms with Gasteiger partial charge in [0.25, 0.3) is 5.56 Å². The highest BCUT2D eigenvalue weighted by molar-refractivity contribution is 7.90. The van der Waals surface area contributed by atoms with Gasteiger partial charge in [0.05, 0.1) is 16.8 Å². The molecule has 1 aliphatic heterocycles. The Bertz CT molecular complexity index is 1700. The molecule has 3 heterocycles. The van der Waals surface area contributed by atoms with Crippen molar-refractivity contribution in [1.29, 1.82) is 0 Å². The fraction of sp³-hybridized carbons (Fsp3) is 0.269. The van der Waals surface area contributed by atoms with Gasteiger partial charge in [-0.3, -0.25) is 14.1 Å². The molecule has 13 heteroatoms. The van der Waals surface area contributed by atoms with E-state index in [1.807, 2.05) is 35.1 Å². The first-order valence-electron chi connectivity index (χ1n) is 12.2. The van der Waals surface area contributed by atoms with Gasteiger partial charge in [0.2, 0.25) is 5.95 Å². The molecule has 39 heavy (non-hydrogen) atoms. The Balaban J connectivity index is 1.45. The van der Waals surface area contributed by atoms with Crippen molar-refractivity contribution in [3.05, 3.63) is 82.3 Å². The van der Waals surface area contributed by atoms with Gasteiger partial charge in [-0.2, -0.15) is 17.7 Å². The number of pyridine rings is 1. The number of rotatable bonds is 8. The van der Waals surface area contributed by atoms with E-state index in [1.54, 1.807) is 0 Å². The minimum atomic E-state index is -4.29. The lowest BCUT2D eigenvalue weighted by Gasteiger charge is -2.18. The molecule has 2 N–H and O–H groups in total. The maximum atomic E-state index is 15.5. The summed E-state index contributed by atoms with van der Waals surface area (Å²) in [4.78, 5) is 21.8. The Labute approximate surface area is 222 Å². The van der Waals surface area contributed by atoms with E-state index in [0.717, 1.165) is 33.0 Å². The molecule has 1 fully saturated rings. The minimum absolute atomic E-state index is 0.0253. The summed E-state index contributed by atoms with van der Waals surface area (Å²) in [5.41, 5.74) is -0.969. The predicted molar refractivity (Wildman–Crippen MR) is 142 cm³/mol. The number of nitrogens with zero attached hydrogens (tertiary/aromatic N) is 4. The van der Waals surface area contributed by atoms with Crippen molar-refractivity contribution in [3.63, 3.8) is 0 Å². The van der Waals surface area contributed by atoms with Gasteiger partial charge in [-0.1, -0.05) is 30.3 Å². The van der Waals surface area contributed by atoms with Gasteiger partial charge in [-0.05, 0) is 36.6 Å². The van der Waals surface area contributed by atoms with Gasteiger partial charge < -0.3 is 5.32 Å². The van der Waals surface area contributed by atoms with Crippen molar-refractivity contribution in [1.82, 2.24) is 18.8 Å².